The van der Waals surface area contributed by atoms with Gasteiger partial charge in [-0.05, 0) is 47.3 Å². The summed E-state index contributed by atoms with van der Waals surface area (Å²) < 4.78 is 21.4. The molecule has 1 fully saturated rings. The molecule has 1 aliphatic rings. The third-order valence-corrected chi connectivity index (χ3v) is 6.98. The van der Waals surface area contributed by atoms with Gasteiger partial charge in [-0.15, -0.1) is 11.3 Å². The van der Waals surface area contributed by atoms with E-state index in [2.05, 4.69) is 25.1 Å². The molecule has 7 nitrogen and oxygen atoms in total. The fraction of sp³-hybridized carbons (Fsp3) is 0.200. The number of anilines is 1. The van der Waals surface area contributed by atoms with Gasteiger partial charge in [0.2, 0.25) is 0 Å². The Kier molecular flexibility index (Phi) is 5.37. The van der Waals surface area contributed by atoms with Crippen LogP contribution in [0.5, 0.6) is 0 Å². The van der Waals surface area contributed by atoms with E-state index in [0.717, 1.165) is 39.8 Å². The third kappa shape index (κ3) is 3.67. The average Bonchev–Trinajstić information content (AvgIpc) is 3.38. The molecule has 0 saturated carbocycles. The summed E-state index contributed by atoms with van der Waals surface area (Å²) in [6, 6.07) is 12.4. The van der Waals surface area contributed by atoms with Gasteiger partial charge < -0.3 is 14.7 Å². The van der Waals surface area contributed by atoms with Gasteiger partial charge in [-0.2, -0.15) is 10.2 Å². The molecule has 34 heavy (non-hydrogen) atoms. The average molecular weight is 474 g/mol. The summed E-state index contributed by atoms with van der Waals surface area (Å²) in [5.74, 6) is -0.423. The summed E-state index contributed by atoms with van der Waals surface area (Å²) in [5.41, 5.74) is 3.51. The second kappa shape index (κ2) is 8.68. The number of halogens is 1. The van der Waals surface area contributed by atoms with Gasteiger partial charge in [-0.25, -0.2) is 14.4 Å². The van der Waals surface area contributed by atoms with Crippen molar-refractivity contribution in [3.63, 3.8) is 0 Å². The van der Waals surface area contributed by atoms with Crippen LogP contribution in [0, 0.1) is 5.82 Å². The molecular formula is C25H20FN5O2S. The minimum Gasteiger partial charge on any atom is -0.382 e. The van der Waals surface area contributed by atoms with Crippen molar-refractivity contribution in [1.29, 1.82) is 0 Å². The highest BCUT2D eigenvalue weighted by molar-refractivity contribution is 7.17. The molecule has 0 aliphatic carbocycles. The Morgan fingerprint density at radius 2 is 1.91 bits per heavy atom. The molecule has 2 aromatic carbocycles. The largest absolute Gasteiger partial charge is 0.382 e. The molecule has 0 amide bonds. The first-order chi connectivity index (χ1) is 16.7. The van der Waals surface area contributed by atoms with E-state index in [0.29, 0.717) is 35.7 Å². The second-order valence-corrected chi connectivity index (χ2v) is 9.04. The smallest absolute Gasteiger partial charge is 0.132 e. The van der Waals surface area contributed by atoms with Crippen molar-refractivity contribution in [2.45, 2.75) is 6.10 Å². The molecule has 5 aromatic rings. The van der Waals surface area contributed by atoms with Gasteiger partial charge in [0.05, 0.1) is 35.3 Å². The molecule has 1 aliphatic heterocycles. The summed E-state index contributed by atoms with van der Waals surface area (Å²) in [5, 5.41) is 22.8. The summed E-state index contributed by atoms with van der Waals surface area (Å²) in [4.78, 5) is 11.1. The van der Waals surface area contributed by atoms with E-state index in [-0.39, 0.29) is 0 Å². The SMILES string of the molecule is OC(c1ccc(F)c(-c2ncnc3cc(N4CCOCC4)ccc23)c1)c1nncc2sccc12. The minimum atomic E-state index is -1.05. The van der Waals surface area contributed by atoms with E-state index in [1.54, 1.807) is 18.3 Å². The Hall–Kier alpha value is -3.53. The first-order valence-electron chi connectivity index (χ1n) is 10.9. The molecule has 1 saturated heterocycles. The molecule has 1 atom stereocenters. The van der Waals surface area contributed by atoms with Crippen molar-refractivity contribution in [3.05, 3.63) is 77.4 Å². The molecule has 6 rings (SSSR count). The zero-order valence-electron chi connectivity index (χ0n) is 18.1. The maximum atomic E-state index is 15.0. The number of nitrogens with zero attached hydrogens (tertiary/aromatic N) is 5. The van der Waals surface area contributed by atoms with E-state index in [9.17, 15) is 5.11 Å². The minimum absolute atomic E-state index is 0.300. The van der Waals surface area contributed by atoms with Gasteiger partial charge in [0.15, 0.2) is 0 Å². The number of thiophene rings is 1. The lowest BCUT2D eigenvalue weighted by Gasteiger charge is -2.29. The Bertz CT molecular complexity index is 1500. The van der Waals surface area contributed by atoms with Crippen LogP contribution < -0.4 is 4.90 Å². The Morgan fingerprint density at radius 1 is 1.03 bits per heavy atom. The quantitative estimate of drug-likeness (QED) is 0.415. The maximum absolute atomic E-state index is 15.0. The van der Waals surface area contributed by atoms with Crippen molar-refractivity contribution in [1.82, 2.24) is 20.2 Å². The lowest BCUT2D eigenvalue weighted by atomic mass is 9.98. The fourth-order valence-electron chi connectivity index (χ4n) is 4.36. The highest BCUT2D eigenvalue weighted by Gasteiger charge is 2.20. The summed E-state index contributed by atoms with van der Waals surface area (Å²) in [6.45, 7) is 3.02. The highest BCUT2D eigenvalue weighted by Crippen LogP contribution is 2.34. The zero-order valence-corrected chi connectivity index (χ0v) is 18.9. The predicted octanol–water partition coefficient (Wildman–Crippen LogP) is 4.36. The van der Waals surface area contributed by atoms with Gasteiger partial charge in [0, 0.05) is 35.1 Å². The van der Waals surface area contributed by atoms with Crippen LogP contribution in [0.25, 0.3) is 32.2 Å². The molecule has 0 radical (unpaired) electrons. The number of benzene rings is 2. The van der Waals surface area contributed by atoms with E-state index < -0.39 is 11.9 Å². The Morgan fingerprint density at radius 3 is 2.79 bits per heavy atom. The summed E-state index contributed by atoms with van der Waals surface area (Å²) in [6.07, 6.45) is 2.07. The lowest BCUT2D eigenvalue weighted by Crippen LogP contribution is -2.36. The predicted molar refractivity (Wildman–Crippen MR) is 129 cm³/mol. The number of morpholine rings is 1. The van der Waals surface area contributed by atoms with Crippen molar-refractivity contribution >= 4 is 38.0 Å². The normalized spacial score (nSPS) is 15.2. The van der Waals surface area contributed by atoms with Crippen LogP contribution in [0.3, 0.4) is 0 Å². The number of rotatable bonds is 4. The van der Waals surface area contributed by atoms with E-state index in [4.69, 9.17) is 4.74 Å². The highest BCUT2D eigenvalue weighted by atomic mass is 32.1. The van der Waals surface area contributed by atoms with E-state index in [1.807, 2.05) is 29.6 Å². The fourth-order valence-corrected chi connectivity index (χ4v) is 5.12. The molecule has 170 valence electrons. The molecule has 3 aromatic heterocycles. The zero-order chi connectivity index (χ0) is 23.1. The van der Waals surface area contributed by atoms with Crippen molar-refractivity contribution < 1.29 is 14.2 Å². The number of aromatic nitrogens is 4. The van der Waals surface area contributed by atoms with Gasteiger partial charge in [-0.1, -0.05) is 6.07 Å². The van der Waals surface area contributed by atoms with Gasteiger partial charge >= 0.3 is 0 Å². The Balaban J connectivity index is 1.42. The first kappa shape index (κ1) is 21.0. The maximum Gasteiger partial charge on any atom is 0.132 e. The van der Waals surface area contributed by atoms with Gasteiger partial charge in [0.1, 0.15) is 23.9 Å². The summed E-state index contributed by atoms with van der Waals surface area (Å²) >= 11 is 1.53. The number of aliphatic hydroxyl groups excluding tert-OH is 1. The summed E-state index contributed by atoms with van der Waals surface area (Å²) in [7, 11) is 0. The van der Waals surface area contributed by atoms with E-state index in [1.165, 1.54) is 23.7 Å². The molecule has 0 spiro atoms. The standard InChI is InChI=1S/C25H20FN5O2S/c26-20-4-1-15(25(32)24-18-5-10-34-22(18)13-29-30-24)11-19(20)23-17-3-2-16(12-21(17)27-14-28-23)31-6-8-33-9-7-31/h1-5,10-14,25,32H,6-9H2. The third-order valence-electron chi connectivity index (χ3n) is 6.13. The van der Waals surface area contributed by atoms with Crippen LogP contribution in [-0.4, -0.2) is 51.6 Å². The van der Waals surface area contributed by atoms with E-state index >= 15 is 4.39 Å². The number of fused-ring (bicyclic) bond motifs is 2. The lowest BCUT2D eigenvalue weighted by molar-refractivity contribution is 0.122. The molecule has 1 N–H and O–H groups in total. The van der Waals surface area contributed by atoms with Crippen molar-refractivity contribution in [3.8, 4) is 11.3 Å². The molecule has 0 bridgehead atoms. The van der Waals surface area contributed by atoms with Crippen LogP contribution in [-0.2, 0) is 4.74 Å². The van der Waals surface area contributed by atoms with Crippen molar-refractivity contribution in [2.75, 3.05) is 31.2 Å². The molecule has 4 heterocycles. The number of hydrogen-bond acceptors (Lipinski definition) is 8. The monoisotopic (exact) mass is 473 g/mol. The first-order valence-corrected chi connectivity index (χ1v) is 11.8. The Labute approximate surface area is 198 Å². The number of ether oxygens (including phenoxy) is 1. The van der Waals surface area contributed by atoms with Crippen LogP contribution in [0.4, 0.5) is 10.1 Å². The van der Waals surface area contributed by atoms with Crippen LogP contribution >= 0.6 is 11.3 Å². The van der Waals surface area contributed by atoms with Crippen LogP contribution in [0.2, 0.25) is 0 Å². The number of aliphatic hydroxyl groups is 1. The molecule has 9 heteroatoms. The van der Waals surface area contributed by atoms with Crippen molar-refractivity contribution in [2.24, 2.45) is 0 Å². The molecule has 1 unspecified atom stereocenters. The number of hydrogen-bond donors (Lipinski definition) is 1. The van der Waals surface area contributed by atoms with Crippen LogP contribution in [0.1, 0.15) is 17.4 Å². The topological polar surface area (TPSA) is 84.3 Å². The van der Waals surface area contributed by atoms with Crippen LogP contribution in [0.15, 0.2) is 60.4 Å². The van der Waals surface area contributed by atoms with Gasteiger partial charge in [-0.3, -0.25) is 0 Å². The van der Waals surface area contributed by atoms with Gasteiger partial charge in [0.25, 0.3) is 0 Å². The second-order valence-electron chi connectivity index (χ2n) is 8.09. The molecular weight excluding hydrogens is 453 g/mol.